The first-order valence-electron chi connectivity index (χ1n) is 8.55. The van der Waals surface area contributed by atoms with Crippen LogP contribution < -0.4 is 0 Å². The standard InChI is InChI=1S/C17H30O3/c18-16(19)15-9-5-2-1-3-8-13-20-14-12-17(15)10-6-4-7-11-17/h15H,1-14H2,(H,18,19). The predicted octanol–water partition coefficient (Wildman–Crippen LogP) is 4.40. The van der Waals surface area contributed by atoms with Crippen LogP contribution in [0.15, 0.2) is 0 Å². The van der Waals surface area contributed by atoms with Crippen LogP contribution in [0.25, 0.3) is 0 Å². The lowest BCUT2D eigenvalue weighted by Crippen LogP contribution is -2.39. The monoisotopic (exact) mass is 282 g/mol. The van der Waals surface area contributed by atoms with E-state index in [1.807, 2.05) is 0 Å². The van der Waals surface area contributed by atoms with Gasteiger partial charge in [0.05, 0.1) is 5.92 Å². The summed E-state index contributed by atoms with van der Waals surface area (Å²) in [4.78, 5) is 11.8. The molecule has 1 N–H and O–H groups in total. The highest BCUT2D eigenvalue weighted by Gasteiger charge is 2.42. The van der Waals surface area contributed by atoms with Gasteiger partial charge in [-0.1, -0.05) is 44.9 Å². The average molecular weight is 282 g/mol. The van der Waals surface area contributed by atoms with Crippen LogP contribution in [0.2, 0.25) is 0 Å². The molecule has 0 aromatic carbocycles. The van der Waals surface area contributed by atoms with Crippen molar-refractivity contribution in [1.29, 1.82) is 0 Å². The Bertz CT molecular complexity index is 295. The van der Waals surface area contributed by atoms with Gasteiger partial charge in [0.15, 0.2) is 0 Å². The fourth-order valence-corrected chi connectivity index (χ4v) is 4.18. The van der Waals surface area contributed by atoms with Crippen molar-refractivity contribution in [1.82, 2.24) is 0 Å². The van der Waals surface area contributed by atoms with Crippen LogP contribution in [0, 0.1) is 11.3 Å². The zero-order valence-electron chi connectivity index (χ0n) is 12.7. The molecule has 20 heavy (non-hydrogen) atoms. The van der Waals surface area contributed by atoms with Gasteiger partial charge in [-0.15, -0.1) is 0 Å². The molecule has 3 heteroatoms. The molecule has 1 heterocycles. The highest BCUT2D eigenvalue weighted by Crippen LogP contribution is 2.47. The van der Waals surface area contributed by atoms with E-state index < -0.39 is 5.97 Å². The Labute approximate surface area is 123 Å². The molecule has 0 aromatic rings. The molecule has 3 nitrogen and oxygen atoms in total. The molecule has 0 amide bonds. The number of hydrogen-bond donors (Lipinski definition) is 1. The summed E-state index contributed by atoms with van der Waals surface area (Å²) in [6.07, 6.45) is 13.5. The van der Waals surface area contributed by atoms with Crippen LogP contribution in [0.3, 0.4) is 0 Å². The lowest BCUT2D eigenvalue weighted by atomic mass is 9.62. The molecule has 1 aliphatic carbocycles. The molecular weight excluding hydrogens is 252 g/mol. The van der Waals surface area contributed by atoms with Gasteiger partial charge in [0, 0.05) is 13.2 Å². The first-order valence-corrected chi connectivity index (χ1v) is 8.55. The number of hydrogen-bond acceptors (Lipinski definition) is 2. The Morgan fingerprint density at radius 1 is 0.850 bits per heavy atom. The molecular formula is C17H30O3. The van der Waals surface area contributed by atoms with Crippen molar-refractivity contribution in [3.05, 3.63) is 0 Å². The van der Waals surface area contributed by atoms with Crippen LogP contribution in [0.5, 0.6) is 0 Å². The molecule has 0 radical (unpaired) electrons. The minimum absolute atomic E-state index is 0.0171. The molecule has 0 bridgehead atoms. The van der Waals surface area contributed by atoms with Crippen molar-refractivity contribution in [3.63, 3.8) is 0 Å². The Morgan fingerprint density at radius 3 is 2.25 bits per heavy atom. The summed E-state index contributed by atoms with van der Waals surface area (Å²) >= 11 is 0. The predicted molar refractivity (Wildman–Crippen MR) is 79.8 cm³/mol. The second kappa shape index (κ2) is 8.02. The molecule has 116 valence electrons. The molecule has 2 rings (SSSR count). The van der Waals surface area contributed by atoms with E-state index in [4.69, 9.17) is 4.74 Å². The number of rotatable bonds is 1. The van der Waals surface area contributed by atoms with E-state index in [2.05, 4.69) is 0 Å². The topological polar surface area (TPSA) is 46.5 Å². The molecule has 1 atom stereocenters. The smallest absolute Gasteiger partial charge is 0.307 e. The molecule has 2 aliphatic rings. The van der Waals surface area contributed by atoms with Gasteiger partial charge in [-0.3, -0.25) is 4.79 Å². The van der Waals surface area contributed by atoms with Gasteiger partial charge in [0.2, 0.25) is 0 Å². The fourth-order valence-electron chi connectivity index (χ4n) is 4.18. The van der Waals surface area contributed by atoms with Gasteiger partial charge in [-0.25, -0.2) is 0 Å². The number of ether oxygens (including phenoxy) is 1. The maximum atomic E-state index is 11.8. The van der Waals surface area contributed by atoms with E-state index in [9.17, 15) is 9.90 Å². The van der Waals surface area contributed by atoms with Crippen LogP contribution in [0.4, 0.5) is 0 Å². The highest BCUT2D eigenvalue weighted by molar-refractivity contribution is 5.71. The normalized spacial score (nSPS) is 29.3. The number of carboxylic acids is 1. The lowest BCUT2D eigenvalue weighted by Gasteiger charge is -2.42. The van der Waals surface area contributed by atoms with Gasteiger partial charge in [0.1, 0.15) is 0 Å². The van der Waals surface area contributed by atoms with E-state index in [-0.39, 0.29) is 11.3 Å². The van der Waals surface area contributed by atoms with Gasteiger partial charge in [-0.2, -0.15) is 0 Å². The summed E-state index contributed by atoms with van der Waals surface area (Å²) in [5, 5.41) is 9.72. The second-order valence-electron chi connectivity index (χ2n) is 6.73. The maximum Gasteiger partial charge on any atom is 0.307 e. The molecule has 1 saturated heterocycles. The summed E-state index contributed by atoms with van der Waals surface area (Å²) < 4.78 is 5.77. The van der Waals surface area contributed by atoms with Crippen molar-refractivity contribution in [2.75, 3.05) is 13.2 Å². The quantitative estimate of drug-likeness (QED) is 0.775. The van der Waals surface area contributed by atoms with Crippen molar-refractivity contribution >= 4 is 5.97 Å². The minimum atomic E-state index is -0.566. The third-order valence-corrected chi connectivity index (χ3v) is 5.41. The van der Waals surface area contributed by atoms with Crippen molar-refractivity contribution < 1.29 is 14.6 Å². The Balaban J connectivity index is 2.07. The van der Waals surface area contributed by atoms with E-state index in [1.165, 1.54) is 38.5 Å². The van der Waals surface area contributed by atoms with E-state index in [1.54, 1.807) is 0 Å². The SMILES string of the molecule is O=C(O)C1CCCCCCCOCCC12CCCCC2. The summed E-state index contributed by atoms with van der Waals surface area (Å²) in [5.74, 6) is -0.713. The molecule has 1 spiro atoms. The van der Waals surface area contributed by atoms with Crippen LogP contribution in [0.1, 0.15) is 77.0 Å². The van der Waals surface area contributed by atoms with Crippen LogP contribution in [-0.4, -0.2) is 24.3 Å². The minimum Gasteiger partial charge on any atom is -0.481 e. The van der Waals surface area contributed by atoms with E-state index >= 15 is 0 Å². The number of aliphatic carboxylic acids is 1. The fraction of sp³-hybridized carbons (Fsp3) is 0.941. The summed E-state index contributed by atoms with van der Waals surface area (Å²) in [7, 11) is 0. The third kappa shape index (κ3) is 4.21. The number of carbonyl (C=O) groups is 1. The second-order valence-corrected chi connectivity index (χ2v) is 6.73. The molecule has 1 aliphatic heterocycles. The van der Waals surface area contributed by atoms with Crippen LogP contribution in [-0.2, 0) is 9.53 Å². The lowest BCUT2D eigenvalue weighted by molar-refractivity contribution is -0.149. The molecule has 0 aromatic heterocycles. The van der Waals surface area contributed by atoms with Crippen molar-refractivity contribution in [2.24, 2.45) is 11.3 Å². The molecule has 2 fully saturated rings. The van der Waals surface area contributed by atoms with Gasteiger partial charge in [-0.05, 0) is 37.5 Å². The van der Waals surface area contributed by atoms with Gasteiger partial charge < -0.3 is 9.84 Å². The first kappa shape index (κ1) is 15.8. The third-order valence-electron chi connectivity index (χ3n) is 5.41. The average Bonchev–Trinajstić information content (AvgIpc) is 2.43. The maximum absolute atomic E-state index is 11.8. The van der Waals surface area contributed by atoms with E-state index in [0.29, 0.717) is 0 Å². The Hall–Kier alpha value is -0.570. The summed E-state index contributed by atoms with van der Waals surface area (Å²) in [5.41, 5.74) is 0.0171. The molecule has 1 saturated carbocycles. The largest absolute Gasteiger partial charge is 0.481 e. The van der Waals surface area contributed by atoms with Crippen LogP contribution >= 0.6 is 0 Å². The Kier molecular flexibility index (Phi) is 6.34. The highest BCUT2D eigenvalue weighted by atomic mass is 16.5. The van der Waals surface area contributed by atoms with Crippen molar-refractivity contribution in [2.45, 2.75) is 77.0 Å². The summed E-state index contributed by atoms with van der Waals surface area (Å²) in [6, 6.07) is 0. The zero-order valence-corrected chi connectivity index (χ0v) is 12.7. The summed E-state index contributed by atoms with van der Waals surface area (Å²) in [6.45, 7) is 1.61. The van der Waals surface area contributed by atoms with E-state index in [0.717, 1.165) is 51.7 Å². The Morgan fingerprint density at radius 2 is 1.50 bits per heavy atom. The number of carboxylic acid groups (broad SMARTS) is 1. The van der Waals surface area contributed by atoms with Gasteiger partial charge >= 0.3 is 5.97 Å². The van der Waals surface area contributed by atoms with Crippen molar-refractivity contribution in [3.8, 4) is 0 Å². The first-order chi connectivity index (χ1) is 9.75. The van der Waals surface area contributed by atoms with Gasteiger partial charge in [0.25, 0.3) is 0 Å². The molecule has 1 unspecified atom stereocenters. The zero-order chi connectivity index (χ0) is 14.3.